The number of nitrogens with two attached hydrogens (primary N) is 1. The van der Waals surface area contributed by atoms with Crippen LogP contribution in [0.2, 0.25) is 0 Å². The van der Waals surface area contributed by atoms with Gasteiger partial charge in [0.1, 0.15) is 11.0 Å². The molecule has 2 heterocycles. The monoisotopic (exact) mass is 272 g/mol. The smallest absolute Gasteiger partial charge is 0.182 e. The molecule has 1 atom stereocenters. The van der Waals surface area contributed by atoms with Crippen LogP contribution in [-0.2, 0) is 6.42 Å². The van der Waals surface area contributed by atoms with Gasteiger partial charge in [-0.05, 0) is 17.3 Å². The maximum atomic E-state index is 12.4. The molecule has 1 aromatic carbocycles. The predicted molar refractivity (Wildman–Crippen MR) is 69.3 cm³/mol. The zero-order valence-electron chi connectivity index (χ0n) is 10.4. The summed E-state index contributed by atoms with van der Waals surface area (Å²) in [5.74, 6) is -0.265. The Hall–Kier alpha value is -2.74. The van der Waals surface area contributed by atoms with Gasteiger partial charge in [-0.2, -0.15) is 0 Å². The number of H-pyrrole nitrogens is 1. The standard InChI is InChI=1S/C12H12N6O2/c13-9(4-7-5-14-6-15-7)12(19)8-2-1-3-10-11(8)16-17-18(10)20/h1-3,5-6,9,20H,4,13H2,(H,14,15)/t9-/m0/s1. The van der Waals surface area contributed by atoms with Crippen LogP contribution in [0.25, 0.3) is 11.0 Å². The first-order chi connectivity index (χ1) is 9.66. The summed E-state index contributed by atoms with van der Waals surface area (Å²) < 4.78 is 0. The Morgan fingerprint density at radius 3 is 3.10 bits per heavy atom. The minimum Gasteiger partial charge on any atom is -0.410 e. The number of hydrogen-bond acceptors (Lipinski definition) is 6. The Morgan fingerprint density at radius 2 is 2.35 bits per heavy atom. The van der Waals surface area contributed by atoms with Crippen LogP contribution in [0.3, 0.4) is 0 Å². The fourth-order valence-corrected chi connectivity index (χ4v) is 2.05. The van der Waals surface area contributed by atoms with Crippen LogP contribution in [0.5, 0.6) is 0 Å². The molecule has 102 valence electrons. The van der Waals surface area contributed by atoms with E-state index >= 15 is 0 Å². The quantitative estimate of drug-likeness (QED) is 0.458. The molecular weight excluding hydrogens is 260 g/mol. The SMILES string of the molecule is N[C@@H](Cc1c[nH]cn1)C(=O)c1cccc2c1nnn2O. The second-order valence-corrected chi connectivity index (χ2v) is 4.39. The second-order valence-electron chi connectivity index (χ2n) is 4.39. The summed E-state index contributed by atoms with van der Waals surface area (Å²) in [7, 11) is 0. The molecule has 0 radical (unpaired) electrons. The lowest BCUT2D eigenvalue weighted by Crippen LogP contribution is -2.33. The van der Waals surface area contributed by atoms with Gasteiger partial charge in [0.2, 0.25) is 0 Å². The maximum absolute atomic E-state index is 12.4. The molecule has 0 aliphatic rings. The van der Waals surface area contributed by atoms with E-state index in [9.17, 15) is 10.0 Å². The van der Waals surface area contributed by atoms with Crippen molar-refractivity contribution in [3.8, 4) is 0 Å². The number of benzene rings is 1. The number of Topliss-reactive ketones (excluding diaryl/α,β-unsaturated/α-hetero) is 1. The van der Waals surface area contributed by atoms with Crippen LogP contribution >= 0.6 is 0 Å². The first-order valence-corrected chi connectivity index (χ1v) is 5.98. The van der Waals surface area contributed by atoms with Crippen molar-refractivity contribution < 1.29 is 10.0 Å². The third-order valence-corrected chi connectivity index (χ3v) is 3.05. The molecule has 8 nitrogen and oxygen atoms in total. The molecule has 0 bridgehead atoms. The van der Waals surface area contributed by atoms with E-state index in [1.807, 2.05) is 0 Å². The number of imidazole rings is 1. The number of aromatic amines is 1. The number of carbonyl (C=O) groups is 1. The third-order valence-electron chi connectivity index (χ3n) is 3.05. The van der Waals surface area contributed by atoms with E-state index in [4.69, 9.17) is 5.73 Å². The number of hydrogen-bond donors (Lipinski definition) is 3. The Bertz CT molecular complexity index is 748. The number of rotatable bonds is 4. The molecular formula is C12H12N6O2. The van der Waals surface area contributed by atoms with Gasteiger partial charge in [-0.25, -0.2) is 4.98 Å². The number of nitrogens with zero attached hydrogens (tertiary/aromatic N) is 4. The van der Waals surface area contributed by atoms with Crippen molar-refractivity contribution in [2.45, 2.75) is 12.5 Å². The van der Waals surface area contributed by atoms with Gasteiger partial charge in [-0.15, -0.1) is 5.10 Å². The van der Waals surface area contributed by atoms with E-state index in [1.54, 1.807) is 24.4 Å². The van der Waals surface area contributed by atoms with Crippen molar-refractivity contribution >= 4 is 16.8 Å². The molecule has 8 heteroatoms. The predicted octanol–water partition coefficient (Wildman–Crippen LogP) is 0.144. The lowest BCUT2D eigenvalue weighted by molar-refractivity contribution is 0.0962. The molecule has 0 spiro atoms. The lowest BCUT2D eigenvalue weighted by Gasteiger charge is -2.09. The number of aromatic nitrogens is 5. The van der Waals surface area contributed by atoms with Crippen molar-refractivity contribution in [2.24, 2.45) is 5.73 Å². The zero-order chi connectivity index (χ0) is 14.1. The van der Waals surface area contributed by atoms with Gasteiger partial charge in [-0.1, -0.05) is 10.9 Å². The van der Waals surface area contributed by atoms with E-state index in [0.29, 0.717) is 33.6 Å². The Morgan fingerprint density at radius 1 is 1.50 bits per heavy atom. The molecule has 2 aromatic heterocycles. The summed E-state index contributed by atoms with van der Waals surface area (Å²) in [4.78, 5) is 19.9. The molecule has 3 rings (SSSR count). The molecule has 0 fully saturated rings. The second kappa shape index (κ2) is 4.74. The highest BCUT2D eigenvalue weighted by Crippen LogP contribution is 2.17. The zero-order valence-corrected chi connectivity index (χ0v) is 10.4. The molecule has 4 N–H and O–H groups in total. The summed E-state index contributed by atoms with van der Waals surface area (Å²) in [6.07, 6.45) is 3.55. The first kappa shape index (κ1) is 12.3. The van der Waals surface area contributed by atoms with Crippen molar-refractivity contribution in [3.63, 3.8) is 0 Å². The van der Waals surface area contributed by atoms with Crippen molar-refractivity contribution in [1.82, 2.24) is 25.1 Å². The topological polar surface area (TPSA) is 123 Å². The highest BCUT2D eigenvalue weighted by atomic mass is 16.5. The fourth-order valence-electron chi connectivity index (χ4n) is 2.05. The lowest BCUT2D eigenvalue weighted by atomic mass is 10.00. The summed E-state index contributed by atoms with van der Waals surface area (Å²) in [5.41, 5.74) is 7.66. The minimum absolute atomic E-state index is 0.265. The van der Waals surface area contributed by atoms with Gasteiger partial charge in [0.25, 0.3) is 0 Å². The average molecular weight is 272 g/mol. The van der Waals surface area contributed by atoms with Crippen LogP contribution in [0.15, 0.2) is 30.7 Å². The van der Waals surface area contributed by atoms with E-state index in [2.05, 4.69) is 20.3 Å². The Kier molecular flexibility index (Phi) is 2.92. The summed E-state index contributed by atoms with van der Waals surface area (Å²) in [6, 6.07) is 4.15. The highest BCUT2D eigenvalue weighted by Gasteiger charge is 2.21. The van der Waals surface area contributed by atoms with Crippen molar-refractivity contribution in [1.29, 1.82) is 0 Å². The van der Waals surface area contributed by atoms with Crippen molar-refractivity contribution in [3.05, 3.63) is 42.0 Å². The van der Waals surface area contributed by atoms with Crippen LogP contribution in [0.4, 0.5) is 0 Å². The van der Waals surface area contributed by atoms with Crippen LogP contribution in [0, 0.1) is 0 Å². The van der Waals surface area contributed by atoms with Gasteiger partial charge in [-0.3, -0.25) is 4.79 Å². The van der Waals surface area contributed by atoms with Gasteiger partial charge in [0, 0.05) is 18.2 Å². The number of ketones is 1. The number of nitrogens with one attached hydrogen (secondary N) is 1. The van der Waals surface area contributed by atoms with Crippen LogP contribution in [0.1, 0.15) is 16.1 Å². The summed E-state index contributed by atoms with van der Waals surface area (Å²) >= 11 is 0. The van der Waals surface area contributed by atoms with E-state index in [0.717, 1.165) is 0 Å². The third kappa shape index (κ3) is 2.01. The van der Waals surface area contributed by atoms with Gasteiger partial charge < -0.3 is 15.9 Å². The van der Waals surface area contributed by atoms with Gasteiger partial charge in [0.15, 0.2) is 5.78 Å². The molecule has 3 aromatic rings. The molecule has 0 aliphatic heterocycles. The van der Waals surface area contributed by atoms with Gasteiger partial charge in [0.05, 0.1) is 18.1 Å². The summed E-state index contributed by atoms with van der Waals surface area (Å²) in [6.45, 7) is 0. The molecule has 0 aliphatic carbocycles. The van der Waals surface area contributed by atoms with Crippen molar-refractivity contribution in [2.75, 3.05) is 0 Å². The van der Waals surface area contributed by atoms with Crippen LogP contribution in [-0.4, -0.2) is 42.2 Å². The average Bonchev–Trinajstić information content (AvgIpc) is 3.08. The Labute approximate surface area is 113 Å². The molecule has 0 amide bonds. The minimum atomic E-state index is -0.729. The van der Waals surface area contributed by atoms with E-state index in [-0.39, 0.29) is 5.78 Å². The fraction of sp³-hybridized carbons (Fsp3) is 0.167. The molecule has 20 heavy (non-hydrogen) atoms. The number of fused-ring (bicyclic) bond motifs is 1. The highest BCUT2D eigenvalue weighted by molar-refractivity contribution is 6.08. The van der Waals surface area contributed by atoms with Gasteiger partial charge >= 0.3 is 0 Å². The largest absolute Gasteiger partial charge is 0.410 e. The Balaban J connectivity index is 1.92. The molecule has 0 saturated heterocycles. The van der Waals surface area contributed by atoms with E-state index in [1.165, 1.54) is 6.33 Å². The van der Waals surface area contributed by atoms with Crippen LogP contribution < -0.4 is 5.73 Å². The summed E-state index contributed by atoms with van der Waals surface area (Å²) in [5, 5.41) is 16.7. The first-order valence-electron chi connectivity index (χ1n) is 5.98. The van der Waals surface area contributed by atoms with E-state index < -0.39 is 6.04 Å². The number of carbonyl (C=O) groups excluding carboxylic acids is 1. The normalized spacial score (nSPS) is 12.7. The molecule has 0 unspecified atom stereocenters. The molecule has 0 saturated carbocycles. The maximum Gasteiger partial charge on any atom is 0.182 e.